The fourth-order valence-corrected chi connectivity index (χ4v) is 3.36. The molecule has 102 valence electrons. The second-order valence-corrected chi connectivity index (χ2v) is 6.74. The van der Waals surface area contributed by atoms with Gasteiger partial charge in [-0.2, -0.15) is 5.10 Å². The molecule has 20 heavy (non-hydrogen) atoms. The lowest BCUT2D eigenvalue weighted by Gasteiger charge is -2.07. The number of aromatic amines is 1. The predicted octanol–water partition coefficient (Wildman–Crippen LogP) is 3.13. The van der Waals surface area contributed by atoms with Crippen LogP contribution in [0.3, 0.4) is 0 Å². The zero-order valence-electron chi connectivity index (χ0n) is 10.2. The highest BCUT2D eigenvalue weighted by molar-refractivity contribution is 9.10. The SMILES string of the molecule is O=S(=O)(Nc1[nH]ncc1Br)c1ccc2ccccc2c1. The minimum Gasteiger partial charge on any atom is -0.263 e. The minimum absolute atomic E-state index is 0.206. The Hall–Kier alpha value is -1.86. The van der Waals surface area contributed by atoms with Gasteiger partial charge in [0.05, 0.1) is 15.6 Å². The Kier molecular flexibility index (Phi) is 3.23. The maximum absolute atomic E-state index is 12.3. The number of aromatic nitrogens is 2. The van der Waals surface area contributed by atoms with E-state index in [0.29, 0.717) is 10.3 Å². The second kappa shape index (κ2) is 4.92. The first-order valence-electron chi connectivity index (χ1n) is 5.77. The molecule has 0 spiro atoms. The largest absolute Gasteiger partial charge is 0.263 e. The van der Waals surface area contributed by atoms with Gasteiger partial charge in [0.25, 0.3) is 10.0 Å². The van der Waals surface area contributed by atoms with Crippen LogP contribution in [0, 0.1) is 0 Å². The molecule has 0 radical (unpaired) electrons. The van der Waals surface area contributed by atoms with E-state index in [0.717, 1.165) is 10.8 Å². The van der Waals surface area contributed by atoms with E-state index in [9.17, 15) is 8.42 Å². The van der Waals surface area contributed by atoms with E-state index in [1.165, 1.54) is 6.20 Å². The van der Waals surface area contributed by atoms with Crippen LogP contribution in [-0.4, -0.2) is 18.6 Å². The third-order valence-corrected chi connectivity index (χ3v) is 4.81. The highest BCUT2D eigenvalue weighted by Crippen LogP contribution is 2.24. The summed E-state index contributed by atoms with van der Waals surface area (Å²) in [7, 11) is -3.65. The van der Waals surface area contributed by atoms with Gasteiger partial charge in [-0.15, -0.1) is 0 Å². The molecule has 1 aromatic heterocycles. The number of fused-ring (bicyclic) bond motifs is 1. The van der Waals surface area contributed by atoms with Gasteiger partial charge in [-0.05, 0) is 38.8 Å². The third kappa shape index (κ3) is 2.41. The summed E-state index contributed by atoms with van der Waals surface area (Å²) in [5.74, 6) is 0.304. The lowest BCUT2D eigenvalue weighted by atomic mass is 10.1. The minimum atomic E-state index is -3.65. The van der Waals surface area contributed by atoms with Crippen LogP contribution in [-0.2, 0) is 10.0 Å². The lowest BCUT2D eigenvalue weighted by Crippen LogP contribution is -2.13. The summed E-state index contributed by atoms with van der Waals surface area (Å²) in [5.41, 5.74) is 0. The average Bonchev–Trinajstić information content (AvgIpc) is 2.83. The molecule has 5 nitrogen and oxygen atoms in total. The van der Waals surface area contributed by atoms with Crippen molar-refractivity contribution in [3.63, 3.8) is 0 Å². The Balaban J connectivity index is 2.03. The van der Waals surface area contributed by atoms with Gasteiger partial charge in [-0.1, -0.05) is 30.3 Å². The molecule has 0 saturated heterocycles. The van der Waals surface area contributed by atoms with E-state index in [1.54, 1.807) is 18.2 Å². The first kappa shape index (κ1) is 13.1. The molecule has 0 aliphatic rings. The Bertz CT molecular complexity index is 874. The first-order chi connectivity index (χ1) is 9.56. The fraction of sp³-hybridized carbons (Fsp3) is 0. The van der Waals surface area contributed by atoms with Crippen LogP contribution in [0.15, 0.2) is 58.0 Å². The standard InChI is InChI=1S/C13H10BrN3O2S/c14-12-8-15-16-13(12)17-20(18,19)11-6-5-9-3-1-2-4-10(9)7-11/h1-8H,(H2,15,16,17). The first-order valence-corrected chi connectivity index (χ1v) is 8.04. The number of sulfonamides is 1. The number of hydrogen-bond acceptors (Lipinski definition) is 3. The molecule has 0 fully saturated rings. The molecule has 3 aromatic rings. The van der Waals surface area contributed by atoms with Crippen molar-refractivity contribution in [3.05, 3.63) is 53.1 Å². The molecule has 0 atom stereocenters. The van der Waals surface area contributed by atoms with E-state index in [-0.39, 0.29) is 4.90 Å². The molecule has 0 aliphatic carbocycles. The maximum Gasteiger partial charge on any atom is 0.263 e. The molecular formula is C13H10BrN3O2S. The summed E-state index contributed by atoms with van der Waals surface area (Å²) in [4.78, 5) is 0.206. The van der Waals surface area contributed by atoms with Crippen molar-refractivity contribution in [2.75, 3.05) is 4.72 Å². The van der Waals surface area contributed by atoms with Crippen LogP contribution >= 0.6 is 15.9 Å². The van der Waals surface area contributed by atoms with Crippen molar-refractivity contribution < 1.29 is 8.42 Å². The van der Waals surface area contributed by atoms with Gasteiger partial charge in [0, 0.05) is 0 Å². The molecule has 0 aliphatic heterocycles. The summed E-state index contributed by atoms with van der Waals surface area (Å²) < 4.78 is 27.6. The van der Waals surface area contributed by atoms with Crippen LogP contribution in [0.2, 0.25) is 0 Å². The Morgan fingerprint density at radius 1 is 1.10 bits per heavy atom. The zero-order valence-corrected chi connectivity index (χ0v) is 12.6. The van der Waals surface area contributed by atoms with Gasteiger partial charge in [-0.25, -0.2) is 8.42 Å². The van der Waals surface area contributed by atoms with E-state index >= 15 is 0 Å². The molecule has 7 heteroatoms. The van der Waals surface area contributed by atoms with Gasteiger partial charge < -0.3 is 0 Å². The summed E-state index contributed by atoms with van der Waals surface area (Å²) in [5, 5.41) is 8.20. The van der Waals surface area contributed by atoms with Crippen LogP contribution in [0.1, 0.15) is 0 Å². The Morgan fingerprint density at radius 3 is 2.55 bits per heavy atom. The van der Waals surface area contributed by atoms with Gasteiger partial charge in [-0.3, -0.25) is 9.82 Å². The monoisotopic (exact) mass is 351 g/mol. The van der Waals surface area contributed by atoms with Crippen molar-refractivity contribution in [1.29, 1.82) is 0 Å². The molecule has 0 bridgehead atoms. The molecule has 0 saturated carbocycles. The summed E-state index contributed by atoms with van der Waals surface area (Å²) in [6.45, 7) is 0. The zero-order chi connectivity index (χ0) is 14.2. The Morgan fingerprint density at radius 2 is 1.85 bits per heavy atom. The van der Waals surface area contributed by atoms with E-state index in [1.807, 2.05) is 24.3 Å². The third-order valence-electron chi connectivity index (χ3n) is 2.86. The molecule has 2 aromatic carbocycles. The topological polar surface area (TPSA) is 74.8 Å². The normalized spacial score (nSPS) is 11.7. The molecule has 0 unspecified atom stereocenters. The number of H-pyrrole nitrogens is 1. The highest BCUT2D eigenvalue weighted by Gasteiger charge is 2.16. The smallest absolute Gasteiger partial charge is 0.263 e. The van der Waals surface area contributed by atoms with E-state index in [4.69, 9.17) is 0 Å². The number of rotatable bonds is 3. The van der Waals surface area contributed by atoms with Gasteiger partial charge in [0.15, 0.2) is 0 Å². The van der Waals surface area contributed by atoms with Crippen LogP contribution < -0.4 is 4.72 Å². The second-order valence-electron chi connectivity index (χ2n) is 4.21. The van der Waals surface area contributed by atoms with Crippen LogP contribution in [0.5, 0.6) is 0 Å². The van der Waals surface area contributed by atoms with Gasteiger partial charge in [0.1, 0.15) is 5.82 Å². The Labute approximate surface area is 124 Å². The molecule has 0 amide bonds. The number of anilines is 1. The average molecular weight is 352 g/mol. The fourth-order valence-electron chi connectivity index (χ4n) is 1.87. The highest BCUT2D eigenvalue weighted by atomic mass is 79.9. The van der Waals surface area contributed by atoms with Crippen LogP contribution in [0.4, 0.5) is 5.82 Å². The van der Waals surface area contributed by atoms with Crippen molar-refractivity contribution in [2.24, 2.45) is 0 Å². The molecule has 1 heterocycles. The van der Waals surface area contributed by atoms with Gasteiger partial charge >= 0.3 is 0 Å². The van der Waals surface area contributed by atoms with E-state index < -0.39 is 10.0 Å². The number of nitrogens with zero attached hydrogens (tertiary/aromatic N) is 1. The van der Waals surface area contributed by atoms with Crippen LogP contribution in [0.25, 0.3) is 10.8 Å². The van der Waals surface area contributed by atoms with Crippen molar-refractivity contribution >= 4 is 42.5 Å². The number of nitrogens with one attached hydrogen (secondary N) is 2. The van der Waals surface area contributed by atoms with Crippen molar-refractivity contribution in [2.45, 2.75) is 4.90 Å². The van der Waals surface area contributed by atoms with E-state index in [2.05, 4.69) is 30.8 Å². The number of benzene rings is 2. The van der Waals surface area contributed by atoms with Crippen molar-refractivity contribution in [3.8, 4) is 0 Å². The molecule has 3 rings (SSSR count). The summed E-state index contributed by atoms with van der Waals surface area (Å²) in [6.07, 6.45) is 1.48. The maximum atomic E-state index is 12.3. The summed E-state index contributed by atoms with van der Waals surface area (Å²) >= 11 is 3.21. The lowest BCUT2D eigenvalue weighted by molar-refractivity contribution is 0.601. The number of halogens is 1. The quantitative estimate of drug-likeness (QED) is 0.761. The van der Waals surface area contributed by atoms with Gasteiger partial charge in [0.2, 0.25) is 0 Å². The summed E-state index contributed by atoms with van der Waals surface area (Å²) in [6, 6.07) is 12.6. The number of hydrogen-bond donors (Lipinski definition) is 2. The molecule has 2 N–H and O–H groups in total. The van der Waals surface area contributed by atoms with Crippen molar-refractivity contribution in [1.82, 2.24) is 10.2 Å². The molecular weight excluding hydrogens is 342 g/mol. The predicted molar refractivity (Wildman–Crippen MR) is 81.0 cm³/mol.